The van der Waals surface area contributed by atoms with Gasteiger partial charge in [0.25, 0.3) is 5.91 Å². The third-order valence-corrected chi connectivity index (χ3v) is 2.07. The first-order chi connectivity index (χ1) is 7.59. The van der Waals surface area contributed by atoms with Crippen LogP contribution in [0.1, 0.15) is 10.5 Å². The first-order valence-corrected chi connectivity index (χ1v) is 4.41. The SMILES string of the molecule is NC(=O)c1nn(CC(=O)O)c2cnccc12. The van der Waals surface area contributed by atoms with E-state index in [0.717, 1.165) is 0 Å². The van der Waals surface area contributed by atoms with Gasteiger partial charge in [0.2, 0.25) is 0 Å². The molecule has 7 nitrogen and oxygen atoms in total. The second-order valence-corrected chi connectivity index (χ2v) is 3.16. The number of fused-ring (bicyclic) bond motifs is 1. The molecule has 0 unspecified atom stereocenters. The van der Waals surface area contributed by atoms with E-state index in [9.17, 15) is 9.59 Å². The average Bonchev–Trinajstić information content (AvgIpc) is 2.57. The molecule has 0 fully saturated rings. The average molecular weight is 220 g/mol. The Labute approximate surface area is 89.5 Å². The number of pyridine rings is 1. The van der Waals surface area contributed by atoms with E-state index in [-0.39, 0.29) is 12.2 Å². The van der Waals surface area contributed by atoms with E-state index in [4.69, 9.17) is 10.8 Å². The number of carboxylic acids is 1. The topological polar surface area (TPSA) is 111 Å². The monoisotopic (exact) mass is 220 g/mol. The van der Waals surface area contributed by atoms with E-state index in [1.54, 1.807) is 6.07 Å². The van der Waals surface area contributed by atoms with Crippen LogP contribution in [0.5, 0.6) is 0 Å². The van der Waals surface area contributed by atoms with E-state index in [1.807, 2.05) is 0 Å². The molecule has 0 radical (unpaired) electrons. The second-order valence-electron chi connectivity index (χ2n) is 3.16. The lowest BCUT2D eigenvalue weighted by Crippen LogP contribution is -2.14. The molecule has 3 N–H and O–H groups in total. The predicted molar refractivity (Wildman–Crippen MR) is 53.7 cm³/mol. The molecule has 0 atom stereocenters. The Bertz CT molecular complexity index is 575. The van der Waals surface area contributed by atoms with Crippen molar-refractivity contribution in [2.45, 2.75) is 6.54 Å². The van der Waals surface area contributed by atoms with Crippen molar-refractivity contribution in [1.29, 1.82) is 0 Å². The van der Waals surface area contributed by atoms with Gasteiger partial charge in [-0.3, -0.25) is 19.3 Å². The molecule has 0 saturated heterocycles. The zero-order valence-corrected chi connectivity index (χ0v) is 8.12. The molecule has 0 aliphatic carbocycles. The van der Waals surface area contributed by atoms with Crippen LogP contribution in [0.25, 0.3) is 10.9 Å². The summed E-state index contributed by atoms with van der Waals surface area (Å²) < 4.78 is 1.19. The highest BCUT2D eigenvalue weighted by Gasteiger charge is 2.15. The number of hydrogen-bond acceptors (Lipinski definition) is 4. The van der Waals surface area contributed by atoms with Gasteiger partial charge in [-0.25, -0.2) is 0 Å². The lowest BCUT2D eigenvalue weighted by atomic mass is 10.2. The summed E-state index contributed by atoms with van der Waals surface area (Å²) in [6.45, 7) is -0.338. The lowest BCUT2D eigenvalue weighted by molar-refractivity contribution is -0.137. The normalized spacial score (nSPS) is 10.5. The van der Waals surface area contributed by atoms with Crippen LogP contribution in [0, 0.1) is 0 Å². The Morgan fingerprint density at radius 2 is 2.25 bits per heavy atom. The van der Waals surface area contributed by atoms with Crippen molar-refractivity contribution in [3.05, 3.63) is 24.2 Å². The van der Waals surface area contributed by atoms with Crippen molar-refractivity contribution in [3.63, 3.8) is 0 Å². The van der Waals surface area contributed by atoms with Crippen LogP contribution in [0.15, 0.2) is 18.5 Å². The number of rotatable bonds is 3. The van der Waals surface area contributed by atoms with Crippen LogP contribution in [-0.2, 0) is 11.3 Å². The van der Waals surface area contributed by atoms with E-state index < -0.39 is 11.9 Å². The quantitative estimate of drug-likeness (QED) is 0.732. The highest BCUT2D eigenvalue weighted by molar-refractivity contribution is 6.03. The van der Waals surface area contributed by atoms with Crippen molar-refractivity contribution in [3.8, 4) is 0 Å². The zero-order chi connectivity index (χ0) is 11.7. The van der Waals surface area contributed by atoms with E-state index in [2.05, 4.69) is 10.1 Å². The first kappa shape index (κ1) is 10.1. The highest BCUT2D eigenvalue weighted by atomic mass is 16.4. The Kier molecular flexibility index (Phi) is 2.28. The fourth-order valence-electron chi connectivity index (χ4n) is 1.45. The summed E-state index contributed by atoms with van der Waals surface area (Å²) in [5.74, 6) is -1.75. The number of aromatic nitrogens is 3. The summed E-state index contributed by atoms with van der Waals surface area (Å²) in [5, 5.41) is 13.0. The number of primary amides is 1. The lowest BCUT2D eigenvalue weighted by Gasteiger charge is -1.96. The number of nitrogens with two attached hydrogens (primary N) is 1. The molecule has 0 saturated carbocycles. The van der Waals surface area contributed by atoms with Crippen molar-refractivity contribution in [2.24, 2.45) is 5.73 Å². The van der Waals surface area contributed by atoms with Crippen molar-refractivity contribution >= 4 is 22.8 Å². The zero-order valence-electron chi connectivity index (χ0n) is 8.12. The molecule has 0 aromatic carbocycles. The molecule has 82 valence electrons. The van der Waals surface area contributed by atoms with Crippen molar-refractivity contribution < 1.29 is 14.7 Å². The van der Waals surface area contributed by atoms with Gasteiger partial charge in [-0.2, -0.15) is 5.10 Å². The second kappa shape index (κ2) is 3.61. The minimum absolute atomic E-state index is 0.0543. The summed E-state index contributed by atoms with van der Waals surface area (Å²) >= 11 is 0. The fourth-order valence-corrected chi connectivity index (χ4v) is 1.45. The van der Waals surface area contributed by atoms with Crippen LogP contribution in [0.4, 0.5) is 0 Å². The number of hydrogen-bond donors (Lipinski definition) is 2. The Morgan fingerprint density at radius 1 is 1.50 bits per heavy atom. The van der Waals surface area contributed by atoms with Gasteiger partial charge in [-0.1, -0.05) is 0 Å². The van der Waals surface area contributed by atoms with Gasteiger partial charge in [0.05, 0.1) is 11.7 Å². The third kappa shape index (κ3) is 1.58. The molecule has 0 spiro atoms. The van der Waals surface area contributed by atoms with Crippen LogP contribution in [0.2, 0.25) is 0 Å². The molecule has 2 heterocycles. The predicted octanol–water partition coefficient (Wildman–Crippen LogP) is -0.385. The van der Waals surface area contributed by atoms with Crippen molar-refractivity contribution in [2.75, 3.05) is 0 Å². The summed E-state index contributed by atoms with van der Waals surface area (Å²) in [6, 6.07) is 1.57. The molecule has 1 amide bonds. The number of amides is 1. The fraction of sp³-hybridized carbons (Fsp3) is 0.111. The molecular formula is C9H8N4O3. The molecule has 2 rings (SSSR count). The maximum absolute atomic E-state index is 11.1. The Balaban J connectivity index is 2.66. The molecule has 7 heteroatoms. The van der Waals surface area contributed by atoms with Crippen molar-refractivity contribution in [1.82, 2.24) is 14.8 Å². The standard InChI is InChI=1S/C9H8N4O3/c10-9(16)8-5-1-2-11-3-6(5)13(12-8)4-7(14)15/h1-3H,4H2,(H2,10,16)(H,14,15). The number of aliphatic carboxylic acids is 1. The Morgan fingerprint density at radius 3 is 2.88 bits per heavy atom. The first-order valence-electron chi connectivity index (χ1n) is 4.41. The van der Waals surface area contributed by atoms with Gasteiger partial charge < -0.3 is 10.8 Å². The maximum Gasteiger partial charge on any atom is 0.325 e. The summed E-state index contributed by atoms with van der Waals surface area (Å²) in [4.78, 5) is 25.5. The van der Waals surface area contributed by atoms with E-state index in [1.165, 1.54) is 17.1 Å². The number of carbonyl (C=O) groups is 2. The summed E-state index contributed by atoms with van der Waals surface area (Å²) in [7, 11) is 0. The molecule has 0 bridgehead atoms. The van der Waals surface area contributed by atoms with Gasteiger partial charge >= 0.3 is 5.97 Å². The Hall–Kier alpha value is -2.44. The van der Waals surface area contributed by atoms with Crippen LogP contribution < -0.4 is 5.73 Å². The number of carbonyl (C=O) groups excluding carboxylic acids is 1. The van der Waals surface area contributed by atoms with Crippen LogP contribution in [0.3, 0.4) is 0 Å². The number of carboxylic acid groups (broad SMARTS) is 1. The third-order valence-electron chi connectivity index (χ3n) is 2.07. The maximum atomic E-state index is 11.1. The highest BCUT2D eigenvalue weighted by Crippen LogP contribution is 2.16. The van der Waals surface area contributed by atoms with Gasteiger partial charge in [0, 0.05) is 11.6 Å². The molecule has 0 aliphatic heterocycles. The molecular weight excluding hydrogens is 212 g/mol. The van der Waals surface area contributed by atoms with E-state index >= 15 is 0 Å². The molecule has 0 aliphatic rings. The minimum Gasteiger partial charge on any atom is -0.480 e. The summed E-state index contributed by atoms with van der Waals surface area (Å²) in [5.41, 5.74) is 5.67. The smallest absolute Gasteiger partial charge is 0.325 e. The number of nitrogens with zero attached hydrogens (tertiary/aromatic N) is 3. The van der Waals surface area contributed by atoms with Crippen LogP contribution >= 0.6 is 0 Å². The minimum atomic E-state index is -1.05. The van der Waals surface area contributed by atoms with Gasteiger partial charge in [-0.05, 0) is 6.07 Å². The molecule has 2 aromatic rings. The largest absolute Gasteiger partial charge is 0.480 e. The van der Waals surface area contributed by atoms with Crippen LogP contribution in [-0.4, -0.2) is 31.7 Å². The van der Waals surface area contributed by atoms with E-state index in [0.29, 0.717) is 10.9 Å². The molecule has 16 heavy (non-hydrogen) atoms. The van der Waals surface area contributed by atoms with Gasteiger partial charge in [0.1, 0.15) is 6.54 Å². The summed E-state index contributed by atoms with van der Waals surface area (Å²) in [6.07, 6.45) is 2.93. The van der Waals surface area contributed by atoms with Gasteiger partial charge in [-0.15, -0.1) is 0 Å². The molecule has 2 aromatic heterocycles. The van der Waals surface area contributed by atoms with Gasteiger partial charge in [0.15, 0.2) is 5.69 Å².